The molecule has 2 heterocycles. The van der Waals surface area contributed by atoms with Gasteiger partial charge in [0.2, 0.25) is 6.10 Å². The first-order valence-corrected chi connectivity index (χ1v) is 14.6. The lowest BCUT2D eigenvalue weighted by Crippen LogP contribution is -2.74. The van der Waals surface area contributed by atoms with E-state index in [1.165, 1.54) is 6.92 Å². The van der Waals surface area contributed by atoms with E-state index < -0.39 is 59.4 Å². The molecule has 1 saturated heterocycles. The molecule has 0 saturated carbocycles. The first-order chi connectivity index (χ1) is 21.0. The number of likely N-dealkylation sites (tertiary alicyclic amines) is 1. The molecule has 6 atom stereocenters. The number of likely N-dealkylation sites (N-methyl/N-ethyl adjacent to an activating group) is 1. The lowest BCUT2D eigenvalue weighted by Gasteiger charge is -2.61. The minimum atomic E-state index is -1.65. The molecule has 2 bridgehead atoms. The predicted octanol–water partition coefficient (Wildman–Crippen LogP) is 2.71. The van der Waals surface area contributed by atoms with Crippen LogP contribution in [-0.4, -0.2) is 78.3 Å². The topological polar surface area (TPSA) is 138 Å². The van der Waals surface area contributed by atoms with Crippen molar-refractivity contribution < 1.29 is 48.0 Å². The van der Waals surface area contributed by atoms with Crippen LogP contribution in [0.25, 0.3) is 0 Å². The second-order valence-electron chi connectivity index (χ2n) is 11.9. The average Bonchev–Trinajstić information content (AvgIpc) is 3.35. The SMILES string of the molecule is COc1ccc2c3c1O[C@H]1C(OC(=O)C[C@H](OC(C)=O)C(=O)O[C@H](C(C)=O)c4ccccc4)=CC[C@@]4(O)[C@@H](C2)N(C)CC[C@]314. The van der Waals surface area contributed by atoms with Gasteiger partial charge in [0.1, 0.15) is 5.76 Å². The molecule has 0 unspecified atom stereocenters. The smallest absolute Gasteiger partial charge is 0.349 e. The van der Waals surface area contributed by atoms with Crippen LogP contribution in [0.15, 0.2) is 54.3 Å². The van der Waals surface area contributed by atoms with Crippen LogP contribution in [0, 0.1) is 0 Å². The lowest BCUT2D eigenvalue weighted by atomic mass is 9.50. The van der Waals surface area contributed by atoms with E-state index in [1.54, 1.807) is 43.5 Å². The number of piperidine rings is 1. The van der Waals surface area contributed by atoms with Gasteiger partial charge in [-0.25, -0.2) is 4.79 Å². The fourth-order valence-electron chi connectivity index (χ4n) is 7.49. The summed E-state index contributed by atoms with van der Waals surface area (Å²) < 4.78 is 28.5. The number of Topliss-reactive ketones (excluding diaryl/α,β-unsaturated/α-hetero) is 1. The number of esters is 3. The number of carbonyl (C=O) groups excluding carboxylic acids is 4. The summed E-state index contributed by atoms with van der Waals surface area (Å²) in [6, 6.07) is 12.1. The zero-order valence-electron chi connectivity index (χ0n) is 25.0. The summed E-state index contributed by atoms with van der Waals surface area (Å²) in [7, 11) is 3.55. The summed E-state index contributed by atoms with van der Waals surface area (Å²) in [6.45, 7) is 3.07. The number of hydrogen-bond acceptors (Lipinski definition) is 11. The Kier molecular flexibility index (Phi) is 7.49. The van der Waals surface area contributed by atoms with E-state index in [0.29, 0.717) is 36.4 Å². The third-order valence-electron chi connectivity index (χ3n) is 9.42. The van der Waals surface area contributed by atoms with Crippen molar-refractivity contribution in [1.82, 2.24) is 4.90 Å². The van der Waals surface area contributed by atoms with Crippen molar-refractivity contribution in [3.05, 3.63) is 71.0 Å². The number of rotatable bonds is 9. The van der Waals surface area contributed by atoms with Crippen molar-refractivity contribution in [3.63, 3.8) is 0 Å². The second-order valence-corrected chi connectivity index (χ2v) is 11.9. The van der Waals surface area contributed by atoms with E-state index in [9.17, 15) is 24.3 Å². The lowest BCUT2D eigenvalue weighted by molar-refractivity contribution is -0.177. The molecule has 2 aliphatic carbocycles. The molecule has 44 heavy (non-hydrogen) atoms. The molecule has 0 radical (unpaired) electrons. The van der Waals surface area contributed by atoms with E-state index in [-0.39, 0.29) is 18.2 Å². The normalized spacial score (nSPS) is 27.5. The highest BCUT2D eigenvalue weighted by Crippen LogP contribution is 2.65. The van der Waals surface area contributed by atoms with E-state index in [4.69, 9.17) is 23.7 Å². The monoisotopic (exact) mass is 605 g/mol. The Morgan fingerprint density at radius 3 is 2.52 bits per heavy atom. The summed E-state index contributed by atoms with van der Waals surface area (Å²) >= 11 is 0. The van der Waals surface area contributed by atoms with E-state index in [2.05, 4.69) is 4.90 Å². The first-order valence-electron chi connectivity index (χ1n) is 14.6. The molecular formula is C33H35NO10. The van der Waals surface area contributed by atoms with Crippen molar-refractivity contribution >= 4 is 23.7 Å². The number of aliphatic hydroxyl groups is 1. The van der Waals surface area contributed by atoms with Gasteiger partial charge in [0.05, 0.1) is 24.5 Å². The summed E-state index contributed by atoms with van der Waals surface area (Å²) in [4.78, 5) is 52.9. The molecule has 1 fully saturated rings. The second kappa shape index (κ2) is 11.0. The van der Waals surface area contributed by atoms with Crippen LogP contribution in [0.1, 0.15) is 55.9 Å². The predicted molar refractivity (Wildman–Crippen MR) is 154 cm³/mol. The highest BCUT2D eigenvalue weighted by Gasteiger charge is 2.72. The molecule has 11 heteroatoms. The Bertz CT molecular complexity index is 1550. The minimum absolute atomic E-state index is 0.176. The zero-order valence-corrected chi connectivity index (χ0v) is 25.0. The number of ether oxygens (including phenoxy) is 5. The first kappa shape index (κ1) is 29.8. The quantitative estimate of drug-likeness (QED) is 0.334. The molecule has 2 aromatic carbocycles. The van der Waals surface area contributed by atoms with Crippen molar-refractivity contribution in [2.24, 2.45) is 0 Å². The summed E-state index contributed by atoms with van der Waals surface area (Å²) in [5.74, 6) is -1.93. The Morgan fingerprint density at radius 2 is 1.84 bits per heavy atom. The highest BCUT2D eigenvalue weighted by molar-refractivity contribution is 5.88. The van der Waals surface area contributed by atoms with Gasteiger partial charge in [-0.3, -0.25) is 14.4 Å². The summed E-state index contributed by atoms with van der Waals surface area (Å²) in [6.07, 6.45) is -1.31. The van der Waals surface area contributed by atoms with Gasteiger partial charge in [0.25, 0.3) is 0 Å². The van der Waals surface area contributed by atoms with Gasteiger partial charge in [-0.2, -0.15) is 0 Å². The molecular weight excluding hydrogens is 570 g/mol. The van der Waals surface area contributed by atoms with E-state index in [1.807, 2.05) is 19.2 Å². The fourth-order valence-corrected chi connectivity index (χ4v) is 7.49. The number of nitrogens with zero attached hydrogens (tertiary/aromatic N) is 1. The Balaban J connectivity index is 1.26. The largest absolute Gasteiger partial charge is 0.493 e. The van der Waals surface area contributed by atoms with Gasteiger partial charge in [-0.15, -0.1) is 0 Å². The van der Waals surface area contributed by atoms with Gasteiger partial charge in [-0.05, 0) is 56.6 Å². The Morgan fingerprint density at radius 1 is 1.09 bits per heavy atom. The molecule has 2 aliphatic heterocycles. The van der Waals surface area contributed by atoms with E-state index in [0.717, 1.165) is 18.1 Å². The maximum atomic E-state index is 13.4. The van der Waals surface area contributed by atoms with Crippen LogP contribution < -0.4 is 9.47 Å². The number of ketones is 1. The summed E-state index contributed by atoms with van der Waals surface area (Å²) in [5, 5.41) is 12.3. The van der Waals surface area contributed by atoms with Crippen molar-refractivity contribution in [2.45, 2.75) is 74.9 Å². The third-order valence-corrected chi connectivity index (χ3v) is 9.42. The van der Waals surface area contributed by atoms with Crippen molar-refractivity contribution in [3.8, 4) is 11.5 Å². The van der Waals surface area contributed by atoms with Crippen LogP contribution in [0.3, 0.4) is 0 Å². The average molecular weight is 606 g/mol. The van der Waals surface area contributed by atoms with Crippen LogP contribution in [-0.2, 0) is 45.2 Å². The number of benzene rings is 2. The molecule has 0 aromatic heterocycles. The maximum Gasteiger partial charge on any atom is 0.349 e. The standard InChI is InChI=1S/C33H35NO10/c1-18(35)28(20-8-6-5-7-9-20)44-31(38)24(41-19(2)36)17-26(37)42-23-12-13-33(39)25-16-21-10-11-22(40-4)29-27(21)32(33,30(23)43-29)14-15-34(25)3/h5-12,24-25,28,30,39H,13-17H2,1-4H3/t24-,25+,28+,30-,32-,33+/m0/s1. The third kappa shape index (κ3) is 4.57. The summed E-state index contributed by atoms with van der Waals surface area (Å²) in [5.41, 5.74) is 0.299. The zero-order chi connectivity index (χ0) is 31.4. The van der Waals surface area contributed by atoms with Gasteiger partial charge >= 0.3 is 17.9 Å². The van der Waals surface area contributed by atoms with Gasteiger partial charge < -0.3 is 33.7 Å². The van der Waals surface area contributed by atoms with Crippen LogP contribution in [0.2, 0.25) is 0 Å². The van der Waals surface area contributed by atoms with Crippen molar-refractivity contribution in [2.75, 3.05) is 20.7 Å². The van der Waals surface area contributed by atoms with Crippen LogP contribution >= 0.6 is 0 Å². The number of methoxy groups -OCH3 is 1. The van der Waals surface area contributed by atoms with Crippen LogP contribution in [0.5, 0.6) is 11.5 Å². The van der Waals surface area contributed by atoms with E-state index >= 15 is 0 Å². The Hall–Kier alpha value is -4.22. The fraction of sp³-hybridized carbons (Fsp3) is 0.455. The molecule has 1 N–H and O–H groups in total. The molecule has 4 aliphatic rings. The number of hydrogen-bond donors (Lipinski definition) is 1. The molecule has 0 amide bonds. The highest BCUT2D eigenvalue weighted by atomic mass is 16.6. The molecule has 6 rings (SSSR count). The van der Waals surface area contributed by atoms with Crippen molar-refractivity contribution in [1.29, 1.82) is 0 Å². The van der Waals surface area contributed by atoms with Gasteiger partial charge in [0.15, 0.2) is 29.5 Å². The molecule has 232 valence electrons. The number of carbonyl (C=O) groups is 4. The molecule has 11 nitrogen and oxygen atoms in total. The van der Waals surface area contributed by atoms with Gasteiger partial charge in [0, 0.05) is 24.9 Å². The Labute approximate surface area is 254 Å². The maximum absolute atomic E-state index is 13.4. The van der Waals surface area contributed by atoms with Crippen LogP contribution in [0.4, 0.5) is 0 Å². The molecule has 2 aromatic rings. The minimum Gasteiger partial charge on any atom is -0.493 e. The molecule has 1 spiro atoms. The van der Waals surface area contributed by atoms with Gasteiger partial charge in [-0.1, -0.05) is 36.4 Å².